The normalized spacial score (nSPS) is 15.3. The molecule has 0 aliphatic carbocycles. The zero-order valence-electron chi connectivity index (χ0n) is 15.1. The molecule has 0 bridgehead atoms. The summed E-state index contributed by atoms with van der Waals surface area (Å²) in [7, 11) is 2.08. The number of nitrogens with zero attached hydrogens (tertiary/aromatic N) is 3. The van der Waals surface area contributed by atoms with Gasteiger partial charge in [0, 0.05) is 36.8 Å². The SMILES string of the molecule is CN1CCN(C(=O)c2ccc3nc(COc4ccc(Cl)cc4)[nH]c3c2)CC1. The zero-order valence-corrected chi connectivity index (χ0v) is 15.9. The summed E-state index contributed by atoms with van der Waals surface area (Å²) in [4.78, 5) is 24.6. The number of H-pyrrole nitrogens is 1. The number of carbonyl (C=O) groups is 1. The maximum Gasteiger partial charge on any atom is 0.254 e. The summed E-state index contributed by atoms with van der Waals surface area (Å²) in [5, 5.41) is 0.670. The summed E-state index contributed by atoms with van der Waals surface area (Å²) in [5.41, 5.74) is 2.34. The van der Waals surface area contributed by atoms with Crippen molar-refractivity contribution in [1.29, 1.82) is 0 Å². The lowest BCUT2D eigenvalue weighted by Gasteiger charge is -2.32. The first kappa shape index (κ1) is 17.8. The number of halogens is 1. The highest BCUT2D eigenvalue weighted by atomic mass is 35.5. The minimum atomic E-state index is 0.0681. The Morgan fingerprint density at radius 2 is 1.89 bits per heavy atom. The van der Waals surface area contributed by atoms with Crippen LogP contribution in [-0.4, -0.2) is 58.9 Å². The fourth-order valence-corrected chi connectivity index (χ4v) is 3.26. The average Bonchev–Trinajstić information content (AvgIpc) is 3.09. The number of aromatic nitrogens is 2. The molecule has 140 valence electrons. The van der Waals surface area contributed by atoms with Crippen molar-refractivity contribution in [1.82, 2.24) is 19.8 Å². The van der Waals surface area contributed by atoms with Gasteiger partial charge in [-0.3, -0.25) is 4.79 Å². The number of imidazole rings is 1. The molecule has 1 aromatic heterocycles. The first-order valence-electron chi connectivity index (χ1n) is 8.93. The third kappa shape index (κ3) is 4.07. The smallest absolute Gasteiger partial charge is 0.254 e. The van der Waals surface area contributed by atoms with Crippen molar-refractivity contribution in [3.63, 3.8) is 0 Å². The number of benzene rings is 2. The number of ether oxygens (including phenoxy) is 1. The van der Waals surface area contributed by atoms with E-state index in [1.54, 1.807) is 12.1 Å². The molecule has 1 amide bonds. The summed E-state index contributed by atoms with van der Waals surface area (Å²) < 4.78 is 5.73. The molecule has 7 heteroatoms. The number of rotatable bonds is 4. The molecule has 1 fully saturated rings. The van der Waals surface area contributed by atoms with Crippen molar-refractivity contribution in [3.05, 3.63) is 58.9 Å². The van der Waals surface area contributed by atoms with Crippen LogP contribution in [-0.2, 0) is 6.61 Å². The minimum absolute atomic E-state index is 0.0681. The first-order chi connectivity index (χ1) is 13.1. The Morgan fingerprint density at radius 1 is 1.15 bits per heavy atom. The second-order valence-electron chi connectivity index (χ2n) is 6.75. The maximum atomic E-state index is 12.7. The molecule has 6 nitrogen and oxygen atoms in total. The van der Waals surface area contributed by atoms with E-state index in [9.17, 15) is 4.79 Å². The second kappa shape index (κ2) is 7.58. The summed E-state index contributed by atoms with van der Waals surface area (Å²) in [6.07, 6.45) is 0. The molecule has 3 aromatic rings. The van der Waals surface area contributed by atoms with Gasteiger partial charge in [0.2, 0.25) is 0 Å². The van der Waals surface area contributed by atoms with Crippen LogP contribution in [0, 0.1) is 0 Å². The fraction of sp³-hybridized carbons (Fsp3) is 0.300. The van der Waals surface area contributed by atoms with Gasteiger partial charge in [0.25, 0.3) is 5.91 Å². The van der Waals surface area contributed by atoms with Crippen LogP contribution in [0.1, 0.15) is 16.2 Å². The Bertz CT molecular complexity index is 946. The van der Waals surface area contributed by atoms with E-state index in [2.05, 4.69) is 21.9 Å². The predicted octanol–water partition coefficient (Wildman–Crippen LogP) is 3.18. The van der Waals surface area contributed by atoms with Crippen LogP contribution in [0.15, 0.2) is 42.5 Å². The van der Waals surface area contributed by atoms with E-state index in [1.807, 2.05) is 35.2 Å². The predicted molar refractivity (Wildman–Crippen MR) is 105 cm³/mol. The van der Waals surface area contributed by atoms with Gasteiger partial charge in [-0.05, 0) is 49.5 Å². The number of hydrogen-bond acceptors (Lipinski definition) is 4. The fourth-order valence-electron chi connectivity index (χ4n) is 3.14. The maximum absolute atomic E-state index is 12.7. The lowest BCUT2D eigenvalue weighted by atomic mass is 10.1. The number of hydrogen-bond donors (Lipinski definition) is 1. The molecule has 0 atom stereocenters. The summed E-state index contributed by atoms with van der Waals surface area (Å²) >= 11 is 5.88. The highest BCUT2D eigenvalue weighted by molar-refractivity contribution is 6.30. The molecule has 2 aromatic carbocycles. The van der Waals surface area contributed by atoms with Gasteiger partial charge >= 0.3 is 0 Å². The first-order valence-corrected chi connectivity index (χ1v) is 9.31. The summed E-state index contributed by atoms with van der Waals surface area (Å²) in [6, 6.07) is 12.8. The average molecular weight is 385 g/mol. The highest BCUT2D eigenvalue weighted by Gasteiger charge is 2.20. The monoisotopic (exact) mass is 384 g/mol. The summed E-state index contributed by atoms with van der Waals surface area (Å²) in [6.45, 7) is 3.65. The van der Waals surface area contributed by atoms with Gasteiger partial charge < -0.3 is 19.5 Å². The van der Waals surface area contributed by atoms with Crippen LogP contribution in [0.5, 0.6) is 5.75 Å². The van der Waals surface area contributed by atoms with Gasteiger partial charge in [-0.25, -0.2) is 4.98 Å². The van der Waals surface area contributed by atoms with E-state index in [4.69, 9.17) is 16.3 Å². The van der Waals surface area contributed by atoms with Crippen LogP contribution in [0.25, 0.3) is 11.0 Å². The molecule has 0 saturated carbocycles. The molecule has 27 heavy (non-hydrogen) atoms. The second-order valence-corrected chi connectivity index (χ2v) is 7.19. The third-order valence-electron chi connectivity index (χ3n) is 4.76. The van der Waals surface area contributed by atoms with E-state index in [1.165, 1.54) is 0 Å². The van der Waals surface area contributed by atoms with Crippen molar-refractivity contribution in [2.24, 2.45) is 0 Å². The molecule has 4 rings (SSSR count). The molecule has 0 unspecified atom stereocenters. The van der Waals surface area contributed by atoms with Crippen LogP contribution in [0.4, 0.5) is 0 Å². The van der Waals surface area contributed by atoms with Crippen molar-refractivity contribution >= 4 is 28.5 Å². The summed E-state index contributed by atoms with van der Waals surface area (Å²) in [5.74, 6) is 1.51. The van der Waals surface area contributed by atoms with E-state index in [0.717, 1.165) is 43.0 Å². The van der Waals surface area contributed by atoms with Gasteiger partial charge in [0.05, 0.1) is 11.0 Å². The Morgan fingerprint density at radius 3 is 2.63 bits per heavy atom. The van der Waals surface area contributed by atoms with Crippen molar-refractivity contribution in [3.8, 4) is 5.75 Å². The standard InChI is InChI=1S/C20H21ClN4O2/c1-24-8-10-25(11-9-24)20(26)14-2-7-17-18(12-14)23-19(22-17)13-27-16-5-3-15(21)4-6-16/h2-7,12H,8-11,13H2,1H3,(H,22,23). The van der Waals surface area contributed by atoms with E-state index < -0.39 is 0 Å². The Kier molecular flexibility index (Phi) is 5.01. The number of fused-ring (bicyclic) bond motifs is 1. The molecule has 0 radical (unpaired) electrons. The largest absolute Gasteiger partial charge is 0.486 e. The van der Waals surface area contributed by atoms with Gasteiger partial charge in [0.1, 0.15) is 18.2 Å². The molecule has 2 heterocycles. The number of amides is 1. The zero-order chi connectivity index (χ0) is 18.8. The van der Waals surface area contributed by atoms with Crippen LogP contribution < -0.4 is 4.74 Å². The quantitative estimate of drug-likeness (QED) is 0.750. The van der Waals surface area contributed by atoms with E-state index >= 15 is 0 Å². The number of aromatic amines is 1. The molecule has 1 saturated heterocycles. The molecule has 1 aliphatic heterocycles. The third-order valence-corrected chi connectivity index (χ3v) is 5.01. The van der Waals surface area contributed by atoms with Crippen molar-refractivity contribution < 1.29 is 9.53 Å². The van der Waals surface area contributed by atoms with Crippen LogP contribution >= 0.6 is 11.6 Å². The van der Waals surface area contributed by atoms with Crippen molar-refractivity contribution in [2.45, 2.75) is 6.61 Å². The Hall–Kier alpha value is -2.57. The number of piperazine rings is 1. The minimum Gasteiger partial charge on any atom is -0.486 e. The lowest BCUT2D eigenvalue weighted by Crippen LogP contribution is -2.47. The van der Waals surface area contributed by atoms with Crippen LogP contribution in [0.3, 0.4) is 0 Å². The number of carbonyl (C=O) groups excluding carboxylic acids is 1. The molecular weight excluding hydrogens is 364 g/mol. The number of nitrogens with one attached hydrogen (secondary N) is 1. The van der Waals surface area contributed by atoms with E-state index in [0.29, 0.717) is 23.0 Å². The van der Waals surface area contributed by atoms with Crippen molar-refractivity contribution in [2.75, 3.05) is 33.2 Å². The lowest BCUT2D eigenvalue weighted by molar-refractivity contribution is 0.0664. The Labute approximate surface area is 162 Å². The van der Waals surface area contributed by atoms with E-state index in [-0.39, 0.29) is 5.91 Å². The van der Waals surface area contributed by atoms with Gasteiger partial charge in [-0.15, -0.1) is 0 Å². The molecule has 1 N–H and O–H groups in total. The Balaban J connectivity index is 1.46. The number of likely N-dealkylation sites (N-methyl/N-ethyl adjacent to an activating group) is 1. The topological polar surface area (TPSA) is 61.5 Å². The van der Waals surface area contributed by atoms with Crippen LogP contribution in [0.2, 0.25) is 5.02 Å². The van der Waals surface area contributed by atoms with Gasteiger partial charge in [-0.2, -0.15) is 0 Å². The highest BCUT2D eigenvalue weighted by Crippen LogP contribution is 2.19. The molecular formula is C20H21ClN4O2. The van der Waals surface area contributed by atoms with Gasteiger partial charge in [0.15, 0.2) is 0 Å². The van der Waals surface area contributed by atoms with Gasteiger partial charge in [-0.1, -0.05) is 11.6 Å². The molecule has 0 spiro atoms. The molecule has 1 aliphatic rings.